The molecular weight excluding hydrogens is 510 g/mol. The highest BCUT2D eigenvalue weighted by Crippen LogP contribution is 2.33. The Kier molecular flexibility index (Phi) is 8.06. The largest absolute Gasteiger partial charge is 0.487 e. The number of ether oxygens (including phenoxy) is 1. The van der Waals surface area contributed by atoms with Crippen LogP contribution in [0.2, 0.25) is 5.02 Å². The van der Waals surface area contributed by atoms with Crippen LogP contribution in [0.15, 0.2) is 54.9 Å². The topological polar surface area (TPSA) is 79.3 Å². The number of nitrogens with zero attached hydrogens (tertiary/aromatic N) is 2. The molecule has 0 radical (unpaired) electrons. The van der Waals surface area contributed by atoms with Crippen LogP contribution in [0.3, 0.4) is 0 Å². The molecule has 0 amide bonds. The summed E-state index contributed by atoms with van der Waals surface area (Å²) in [4.78, 5) is 9.61. The third kappa shape index (κ3) is 6.20. The second-order valence-electron chi connectivity index (χ2n) is 7.86. The van der Waals surface area contributed by atoms with E-state index >= 15 is 0 Å². The molecule has 10 heteroatoms. The zero-order valence-corrected chi connectivity index (χ0v) is 20.7. The Morgan fingerprint density at radius 2 is 2.11 bits per heavy atom. The van der Waals surface area contributed by atoms with Crippen molar-refractivity contribution in [3.05, 3.63) is 76.1 Å². The number of hydrogen-bond donors (Lipinski definition) is 3. The van der Waals surface area contributed by atoms with E-state index in [4.69, 9.17) is 16.3 Å². The van der Waals surface area contributed by atoms with Crippen LogP contribution in [0.1, 0.15) is 16.9 Å². The zero-order valence-electron chi connectivity index (χ0n) is 18.3. The Morgan fingerprint density at radius 1 is 1.23 bits per heavy atom. The van der Waals surface area contributed by atoms with Crippen molar-refractivity contribution in [1.82, 2.24) is 15.3 Å². The van der Waals surface area contributed by atoms with E-state index < -0.39 is 0 Å². The number of halogens is 3. The van der Waals surface area contributed by atoms with E-state index in [2.05, 4.69) is 32.4 Å². The van der Waals surface area contributed by atoms with Crippen LogP contribution in [0.5, 0.6) is 5.75 Å². The lowest BCUT2D eigenvalue weighted by atomic mass is 10.2. The lowest BCUT2D eigenvalue weighted by Gasteiger charge is -2.11. The smallest absolute Gasteiger partial charge is 0.151 e. The van der Waals surface area contributed by atoms with Gasteiger partial charge in [0, 0.05) is 18.7 Å². The molecule has 35 heavy (non-hydrogen) atoms. The number of aliphatic hydroxyl groups excluding tert-OH is 1. The molecular formula is C25H21Cl2FN4O2S. The van der Waals surface area contributed by atoms with Gasteiger partial charge in [0.2, 0.25) is 0 Å². The summed E-state index contributed by atoms with van der Waals surface area (Å²) in [5, 5.41) is 16.5. The average molecular weight is 531 g/mol. The summed E-state index contributed by atoms with van der Waals surface area (Å²) in [5.74, 6) is 7.19. The van der Waals surface area contributed by atoms with Crippen molar-refractivity contribution < 1.29 is 14.2 Å². The normalized spacial score (nSPS) is 16.9. The predicted molar refractivity (Wildman–Crippen MR) is 139 cm³/mol. The summed E-state index contributed by atoms with van der Waals surface area (Å²) >= 11 is 7.92. The minimum Gasteiger partial charge on any atom is -0.487 e. The highest BCUT2D eigenvalue weighted by atomic mass is 35.5. The van der Waals surface area contributed by atoms with Gasteiger partial charge in [0.1, 0.15) is 24.5 Å². The van der Waals surface area contributed by atoms with E-state index in [1.807, 2.05) is 12.1 Å². The van der Waals surface area contributed by atoms with Gasteiger partial charge in [-0.25, -0.2) is 14.4 Å². The van der Waals surface area contributed by atoms with Crippen LogP contribution in [0, 0.1) is 17.7 Å². The summed E-state index contributed by atoms with van der Waals surface area (Å²) in [5.41, 5.74) is 2.26. The van der Waals surface area contributed by atoms with Crippen molar-refractivity contribution in [2.45, 2.75) is 25.2 Å². The number of aromatic nitrogens is 2. The maximum Gasteiger partial charge on any atom is 0.151 e. The van der Waals surface area contributed by atoms with Crippen LogP contribution in [0.4, 0.5) is 15.9 Å². The fourth-order valence-electron chi connectivity index (χ4n) is 3.61. The summed E-state index contributed by atoms with van der Waals surface area (Å²) in [6.45, 7) is 0.785. The molecule has 6 nitrogen and oxygen atoms in total. The summed E-state index contributed by atoms with van der Waals surface area (Å²) in [7, 11) is 0. The number of nitrogens with one attached hydrogen (secondary N) is 2. The van der Waals surface area contributed by atoms with Crippen molar-refractivity contribution in [3.63, 3.8) is 0 Å². The van der Waals surface area contributed by atoms with Gasteiger partial charge in [-0.15, -0.1) is 23.7 Å². The molecule has 1 aliphatic rings. The van der Waals surface area contributed by atoms with Crippen LogP contribution >= 0.6 is 35.3 Å². The molecule has 180 valence electrons. The molecule has 0 bridgehead atoms. The van der Waals surface area contributed by atoms with E-state index in [1.54, 1.807) is 24.3 Å². The molecule has 1 aliphatic heterocycles. The first-order chi connectivity index (χ1) is 16.5. The van der Waals surface area contributed by atoms with Crippen LogP contribution in [0.25, 0.3) is 10.2 Å². The SMILES string of the molecule is Cl.O[C@H]1CN[C@H](C#Cc2cc3ncnc(Nc4ccc(OCc5cccc(F)c5)c(Cl)c4)c3s2)C1. The molecule has 0 saturated carbocycles. The number of hydrogen-bond acceptors (Lipinski definition) is 7. The first-order valence-electron chi connectivity index (χ1n) is 10.6. The predicted octanol–water partition coefficient (Wildman–Crippen LogP) is 5.30. The van der Waals surface area contributed by atoms with Crippen molar-refractivity contribution in [3.8, 4) is 17.6 Å². The molecule has 2 aromatic heterocycles. The highest BCUT2D eigenvalue weighted by molar-refractivity contribution is 7.20. The minimum atomic E-state index is -0.340. The Morgan fingerprint density at radius 3 is 2.89 bits per heavy atom. The van der Waals surface area contributed by atoms with Crippen molar-refractivity contribution >= 4 is 57.1 Å². The number of benzene rings is 2. The molecule has 3 heterocycles. The lowest BCUT2D eigenvalue weighted by Crippen LogP contribution is -2.19. The number of rotatable bonds is 5. The van der Waals surface area contributed by atoms with Gasteiger partial charge in [-0.3, -0.25) is 0 Å². The Bertz CT molecular complexity index is 1410. The van der Waals surface area contributed by atoms with E-state index in [1.165, 1.54) is 29.8 Å². The summed E-state index contributed by atoms with van der Waals surface area (Å²) in [6.07, 6.45) is 1.79. The van der Waals surface area contributed by atoms with E-state index in [9.17, 15) is 9.50 Å². The zero-order chi connectivity index (χ0) is 23.5. The van der Waals surface area contributed by atoms with Gasteiger partial charge < -0.3 is 20.5 Å². The number of fused-ring (bicyclic) bond motifs is 1. The number of anilines is 2. The fraction of sp³-hybridized carbons (Fsp3) is 0.200. The molecule has 1 fully saturated rings. The Hall–Kier alpha value is -2.93. The van der Waals surface area contributed by atoms with E-state index in [0.717, 1.165) is 26.3 Å². The number of aliphatic hydroxyl groups is 1. The highest BCUT2D eigenvalue weighted by Gasteiger charge is 2.19. The Labute approximate surface area is 216 Å². The third-order valence-electron chi connectivity index (χ3n) is 5.27. The van der Waals surface area contributed by atoms with E-state index in [0.29, 0.717) is 29.6 Å². The standard InChI is InChI=1S/C25H20ClFN4O2S.ClH/c26-21-10-18(5-7-23(21)33-13-15-2-1-3-16(27)8-15)31-25-24-22(29-14-30-25)11-20(34-24)6-4-17-9-19(32)12-28-17;/h1-3,5,7-8,10-11,14,17,19,28,32H,9,12-13H2,(H,29,30,31);1H/t17-,19-;/m1./s1. The maximum atomic E-state index is 13.4. The van der Waals surface area contributed by atoms with Gasteiger partial charge in [0.15, 0.2) is 5.82 Å². The van der Waals surface area contributed by atoms with E-state index in [-0.39, 0.29) is 37.0 Å². The molecule has 5 rings (SSSR count). The van der Waals surface area contributed by atoms with Gasteiger partial charge in [-0.05, 0) is 42.0 Å². The molecule has 2 aromatic carbocycles. The summed E-state index contributed by atoms with van der Waals surface area (Å²) < 4.78 is 20.0. The maximum absolute atomic E-state index is 13.4. The quantitative estimate of drug-likeness (QED) is 0.304. The molecule has 0 spiro atoms. The van der Waals surface area contributed by atoms with Gasteiger partial charge in [-0.1, -0.05) is 35.6 Å². The van der Waals surface area contributed by atoms with Gasteiger partial charge in [0.25, 0.3) is 0 Å². The fourth-order valence-corrected chi connectivity index (χ4v) is 4.76. The van der Waals surface area contributed by atoms with Crippen molar-refractivity contribution in [2.24, 2.45) is 0 Å². The van der Waals surface area contributed by atoms with Crippen molar-refractivity contribution in [1.29, 1.82) is 0 Å². The second kappa shape index (κ2) is 11.2. The monoisotopic (exact) mass is 530 g/mol. The first kappa shape index (κ1) is 25.2. The van der Waals surface area contributed by atoms with Gasteiger partial charge >= 0.3 is 0 Å². The Balaban J connectivity index is 0.00000289. The minimum absolute atomic E-state index is 0. The average Bonchev–Trinajstić information content (AvgIpc) is 3.43. The van der Waals surface area contributed by atoms with Crippen LogP contribution in [-0.4, -0.2) is 33.8 Å². The molecule has 3 N–H and O–H groups in total. The van der Waals surface area contributed by atoms with Crippen molar-refractivity contribution in [2.75, 3.05) is 11.9 Å². The number of thiophene rings is 1. The molecule has 1 saturated heterocycles. The first-order valence-corrected chi connectivity index (χ1v) is 11.8. The molecule has 0 unspecified atom stereocenters. The van der Waals surface area contributed by atoms with Gasteiger partial charge in [-0.2, -0.15) is 0 Å². The molecule has 0 aliphatic carbocycles. The number of β-amino-alcohol motifs (C(OH)–C–C–N with tert-alkyl or cyclic N) is 1. The third-order valence-corrected chi connectivity index (χ3v) is 6.61. The molecule has 2 atom stereocenters. The second-order valence-corrected chi connectivity index (χ2v) is 9.32. The summed E-state index contributed by atoms with van der Waals surface area (Å²) in [6, 6.07) is 13.5. The molecule has 4 aromatic rings. The lowest BCUT2D eigenvalue weighted by molar-refractivity contribution is 0.195. The van der Waals surface area contributed by atoms with Crippen LogP contribution in [-0.2, 0) is 6.61 Å². The van der Waals surface area contributed by atoms with Crippen LogP contribution < -0.4 is 15.4 Å². The van der Waals surface area contributed by atoms with Gasteiger partial charge in [0.05, 0.1) is 32.3 Å².